The molecule has 1 fully saturated rings. The molecule has 0 saturated carbocycles. The summed E-state index contributed by atoms with van der Waals surface area (Å²) in [5.74, 6) is -0.00236. The number of rotatable bonds is 7. The van der Waals surface area contributed by atoms with Crippen LogP contribution in [0, 0.1) is 0 Å². The topological polar surface area (TPSA) is 91.4 Å². The van der Waals surface area contributed by atoms with E-state index in [1.807, 2.05) is 30.3 Å². The highest BCUT2D eigenvalue weighted by molar-refractivity contribution is 7.93. The molecule has 1 atom stereocenters. The second kappa shape index (κ2) is 8.32. The monoisotopic (exact) mass is 432 g/mol. The molecule has 0 radical (unpaired) electrons. The number of carbonyl (C=O) groups is 1. The molecule has 1 aliphatic rings. The standard InChI is InChI=1S/C20H20N4O3S2.2H2/c25-19-18(22-14-15-4-2-1-3-5-15)10-12-24(19)16-6-8-17(9-7-16)29(26,27)23-20-21-11-13-28-20;;/h1-9,11,13,18,22H,10,12,14H2,(H,21,23);2*1H. The number of hydrogen-bond donors (Lipinski definition) is 2. The Balaban J connectivity index is 0.00000171. The van der Waals surface area contributed by atoms with Gasteiger partial charge in [0, 0.05) is 33.2 Å². The van der Waals surface area contributed by atoms with Crippen LogP contribution in [0.1, 0.15) is 14.8 Å². The van der Waals surface area contributed by atoms with E-state index >= 15 is 0 Å². The third-order valence-electron chi connectivity index (χ3n) is 4.71. The third kappa shape index (κ3) is 4.47. The lowest BCUT2D eigenvalue weighted by Crippen LogP contribution is -2.38. The summed E-state index contributed by atoms with van der Waals surface area (Å²) in [6.45, 7) is 1.22. The first kappa shape index (κ1) is 19.6. The summed E-state index contributed by atoms with van der Waals surface area (Å²) in [5, 5.41) is 5.32. The van der Waals surface area contributed by atoms with E-state index in [4.69, 9.17) is 0 Å². The molecule has 1 saturated heterocycles. The molecule has 2 aromatic carbocycles. The maximum atomic E-state index is 12.7. The molecule has 1 unspecified atom stereocenters. The lowest BCUT2D eigenvalue weighted by atomic mass is 10.2. The molecular formula is C20H24N4O3S2. The van der Waals surface area contributed by atoms with Crippen molar-refractivity contribution in [3.05, 3.63) is 71.7 Å². The van der Waals surface area contributed by atoms with Crippen LogP contribution >= 0.6 is 11.3 Å². The van der Waals surface area contributed by atoms with Crippen LogP contribution in [0.4, 0.5) is 10.8 Å². The number of carbonyl (C=O) groups excluding carboxylic acids is 1. The summed E-state index contributed by atoms with van der Waals surface area (Å²) in [7, 11) is -3.70. The quantitative estimate of drug-likeness (QED) is 0.598. The van der Waals surface area contributed by atoms with E-state index < -0.39 is 10.0 Å². The minimum absolute atomic E-state index is 0. The summed E-state index contributed by atoms with van der Waals surface area (Å²) in [6, 6.07) is 16.0. The van der Waals surface area contributed by atoms with Gasteiger partial charge in [0.2, 0.25) is 5.91 Å². The maximum absolute atomic E-state index is 12.7. The van der Waals surface area contributed by atoms with Gasteiger partial charge in [-0.3, -0.25) is 9.52 Å². The van der Waals surface area contributed by atoms with Crippen LogP contribution in [0.5, 0.6) is 0 Å². The largest absolute Gasteiger partial charge is 0.311 e. The third-order valence-corrected chi connectivity index (χ3v) is 6.89. The van der Waals surface area contributed by atoms with E-state index in [0.717, 1.165) is 5.56 Å². The van der Waals surface area contributed by atoms with Crippen LogP contribution < -0.4 is 14.9 Å². The number of amides is 1. The van der Waals surface area contributed by atoms with Gasteiger partial charge in [-0.25, -0.2) is 13.4 Å². The van der Waals surface area contributed by atoms with Gasteiger partial charge >= 0.3 is 0 Å². The number of anilines is 2. The lowest BCUT2D eigenvalue weighted by molar-refractivity contribution is -0.118. The van der Waals surface area contributed by atoms with E-state index in [1.165, 1.54) is 29.7 Å². The van der Waals surface area contributed by atoms with Gasteiger partial charge in [-0.1, -0.05) is 30.3 Å². The average molecular weight is 433 g/mol. The van der Waals surface area contributed by atoms with Crippen LogP contribution in [0.25, 0.3) is 0 Å². The number of aromatic nitrogens is 1. The minimum atomic E-state index is -3.70. The van der Waals surface area contributed by atoms with E-state index in [-0.39, 0.29) is 19.7 Å². The van der Waals surface area contributed by atoms with Gasteiger partial charge in [-0.05, 0) is 36.2 Å². The zero-order valence-corrected chi connectivity index (χ0v) is 17.1. The summed E-state index contributed by atoms with van der Waals surface area (Å²) in [6.07, 6.45) is 2.24. The number of nitrogens with zero attached hydrogens (tertiary/aromatic N) is 2. The van der Waals surface area contributed by atoms with Gasteiger partial charge in [-0.2, -0.15) is 0 Å². The summed E-state index contributed by atoms with van der Waals surface area (Å²) >= 11 is 1.21. The molecule has 1 aromatic heterocycles. The van der Waals surface area contributed by atoms with Crippen LogP contribution in [0.2, 0.25) is 0 Å². The van der Waals surface area contributed by atoms with Crippen molar-refractivity contribution < 1.29 is 16.1 Å². The molecule has 2 N–H and O–H groups in total. The summed E-state index contributed by atoms with van der Waals surface area (Å²) in [4.78, 5) is 18.5. The van der Waals surface area contributed by atoms with Gasteiger partial charge in [-0.15, -0.1) is 11.3 Å². The zero-order chi connectivity index (χ0) is 20.3. The predicted octanol–water partition coefficient (Wildman–Crippen LogP) is 3.33. The van der Waals surface area contributed by atoms with Crippen LogP contribution in [0.15, 0.2) is 71.1 Å². The number of thiazole rings is 1. The van der Waals surface area contributed by atoms with Crippen LogP contribution in [-0.4, -0.2) is 31.9 Å². The van der Waals surface area contributed by atoms with Crippen molar-refractivity contribution >= 4 is 38.1 Å². The Bertz CT molecular complexity index is 1080. The second-order valence-corrected chi connectivity index (χ2v) is 9.21. The lowest BCUT2D eigenvalue weighted by Gasteiger charge is -2.18. The molecular weight excluding hydrogens is 408 g/mol. The first-order valence-corrected chi connectivity index (χ1v) is 11.5. The first-order chi connectivity index (χ1) is 14.0. The number of hydrogen-bond acceptors (Lipinski definition) is 6. The molecule has 2 heterocycles. The molecule has 0 bridgehead atoms. The van der Waals surface area contributed by atoms with Crippen molar-refractivity contribution in [3.63, 3.8) is 0 Å². The van der Waals surface area contributed by atoms with Crippen LogP contribution in [0.3, 0.4) is 0 Å². The highest BCUT2D eigenvalue weighted by Crippen LogP contribution is 2.25. The first-order valence-electron chi connectivity index (χ1n) is 9.14. The van der Waals surface area contributed by atoms with E-state index in [2.05, 4.69) is 15.0 Å². The zero-order valence-electron chi connectivity index (χ0n) is 15.5. The molecule has 9 heteroatoms. The highest BCUT2D eigenvalue weighted by atomic mass is 32.2. The number of sulfonamides is 1. The molecule has 29 heavy (non-hydrogen) atoms. The Hall–Kier alpha value is -2.75. The van der Waals surface area contributed by atoms with Crippen molar-refractivity contribution in [2.24, 2.45) is 0 Å². The van der Waals surface area contributed by atoms with Crippen molar-refractivity contribution in [1.82, 2.24) is 10.3 Å². The normalized spacial score (nSPS) is 16.9. The SMILES string of the molecule is O=C1C(NCc2ccccc2)CCN1c1ccc(S(=O)(=O)Nc2nccs2)cc1.[HH].[HH]. The minimum Gasteiger partial charge on any atom is -0.311 e. The summed E-state index contributed by atoms with van der Waals surface area (Å²) < 4.78 is 27.3. The van der Waals surface area contributed by atoms with E-state index in [9.17, 15) is 13.2 Å². The molecule has 4 rings (SSSR count). The molecule has 0 spiro atoms. The average Bonchev–Trinajstić information content (AvgIpc) is 3.36. The molecule has 3 aromatic rings. The number of nitrogens with one attached hydrogen (secondary N) is 2. The van der Waals surface area contributed by atoms with Crippen molar-refractivity contribution in [2.45, 2.75) is 23.9 Å². The number of benzene rings is 2. The van der Waals surface area contributed by atoms with Gasteiger partial charge < -0.3 is 10.2 Å². The fraction of sp³-hybridized carbons (Fsp3) is 0.200. The second-order valence-electron chi connectivity index (χ2n) is 6.63. The smallest absolute Gasteiger partial charge is 0.263 e. The fourth-order valence-electron chi connectivity index (χ4n) is 3.22. The Labute approximate surface area is 176 Å². The molecule has 7 nitrogen and oxygen atoms in total. The highest BCUT2D eigenvalue weighted by Gasteiger charge is 2.32. The van der Waals surface area contributed by atoms with E-state index in [0.29, 0.717) is 30.3 Å². The van der Waals surface area contributed by atoms with Crippen molar-refractivity contribution in [2.75, 3.05) is 16.2 Å². The fourth-order valence-corrected chi connectivity index (χ4v) is 5.00. The van der Waals surface area contributed by atoms with Gasteiger partial charge in [0.25, 0.3) is 10.0 Å². The van der Waals surface area contributed by atoms with Crippen LogP contribution in [-0.2, 0) is 21.4 Å². The Morgan fingerprint density at radius 2 is 1.90 bits per heavy atom. The molecule has 1 aliphatic heterocycles. The molecule has 0 aliphatic carbocycles. The van der Waals surface area contributed by atoms with Gasteiger partial charge in [0.1, 0.15) is 0 Å². The van der Waals surface area contributed by atoms with E-state index in [1.54, 1.807) is 22.4 Å². The van der Waals surface area contributed by atoms with Crippen molar-refractivity contribution in [3.8, 4) is 0 Å². The molecule has 1 amide bonds. The summed E-state index contributed by atoms with van der Waals surface area (Å²) in [5.41, 5.74) is 1.81. The Morgan fingerprint density at radius 3 is 2.59 bits per heavy atom. The maximum Gasteiger partial charge on any atom is 0.263 e. The molecule has 154 valence electrons. The predicted molar refractivity (Wildman–Crippen MR) is 118 cm³/mol. The van der Waals surface area contributed by atoms with Gasteiger partial charge in [0.15, 0.2) is 5.13 Å². The van der Waals surface area contributed by atoms with Crippen molar-refractivity contribution in [1.29, 1.82) is 0 Å². The van der Waals surface area contributed by atoms with Gasteiger partial charge in [0.05, 0.1) is 10.9 Å². The Kier molecular flexibility index (Phi) is 5.61. The Morgan fingerprint density at radius 1 is 1.14 bits per heavy atom.